The van der Waals surface area contributed by atoms with Crippen LogP contribution in [0.3, 0.4) is 0 Å². The molecule has 12 unspecified atom stereocenters. The van der Waals surface area contributed by atoms with Gasteiger partial charge in [0.2, 0.25) is 0 Å². The van der Waals surface area contributed by atoms with E-state index in [9.17, 15) is 35.4 Å². The van der Waals surface area contributed by atoms with Crippen molar-refractivity contribution in [1.82, 2.24) is 5.32 Å². The lowest BCUT2D eigenvalue weighted by Gasteiger charge is -2.52. The average Bonchev–Trinajstić information content (AvgIpc) is 3.50. The molecule has 0 spiro atoms. The fourth-order valence-electron chi connectivity index (χ4n) is 7.49. The number of hydrogen-bond acceptors (Lipinski definition) is 13. The zero-order valence-electron chi connectivity index (χ0n) is 25.1. The molecule has 12 atom stereocenters. The Hall–Kier alpha value is -1.60. The number of carboxylic acids is 1. The minimum absolute atomic E-state index is 0.143. The van der Waals surface area contributed by atoms with Crippen LogP contribution in [0.25, 0.3) is 5.32 Å². The van der Waals surface area contributed by atoms with E-state index in [-0.39, 0.29) is 30.6 Å². The van der Waals surface area contributed by atoms with Crippen molar-refractivity contribution in [2.45, 2.75) is 118 Å². The first-order valence-electron chi connectivity index (χ1n) is 15.4. The minimum Gasteiger partial charge on any atom is -0.479 e. The molecule has 0 aromatic heterocycles. The van der Waals surface area contributed by atoms with E-state index >= 15 is 0 Å². The number of hydrogen-bond donors (Lipinski definition) is 7. The maximum absolute atomic E-state index is 12.2. The molecule has 5 rings (SSSR count). The van der Waals surface area contributed by atoms with E-state index in [0.29, 0.717) is 13.0 Å². The second-order valence-corrected chi connectivity index (χ2v) is 12.5. The van der Waals surface area contributed by atoms with Gasteiger partial charge in [0, 0.05) is 32.4 Å². The molecule has 4 fully saturated rings. The highest BCUT2D eigenvalue weighted by Gasteiger charge is 2.62. The van der Waals surface area contributed by atoms with Crippen molar-refractivity contribution in [3.8, 4) is 0 Å². The molecule has 2 aliphatic carbocycles. The summed E-state index contributed by atoms with van der Waals surface area (Å²) >= 11 is 0. The number of aliphatic carboxylic acids is 1. The number of carboxylic acid groups (broad SMARTS) is 1. The van der Waals surface area contributed by atoms with E-state index < -0.39 is 79.0 Å². The number of ether oxygens (including phenoxy) is 5. The molecular formula is C29H46N3O12+. The molecule has 44 heavy (non-hydrogen) atoms. The van der Waals surface area contributed by atoms with E-state index in [2.05, 4.69) is 15.6 Å². The molecule has 248 valence electrons. The van der Waals surface area contributed by atoms with Gasteiger partial charge in [-0.1, -0.05) is 4.99 Å². The van der Waals surface area contributed by atoms with Gasteiger partial charge >= 0.3 is 12.2 Å². The Morgan fingerprint density at radius 3 is 2.52 bits per heavy atom. The van der Waals surface area contributed by atoms with Crippen molar-refractivity contribution in [1.29, 1.82) is 0 Å². The third-order valence-corrected chi connectivity index (χ3v) is 9.83. The van der Waals surface area contributed by atoms with Gasteiger partial charge in [-0.05, 0) is 38.6 Å². The number of nitrogens with zero attached hydrogens (tertiary/aromatic N) is 2. The molecule has 7 N–H and O–H groups in total. The van der Waals surface area contributed by atoms with Crippen molar-refractivity contribution in [2.75, 3.05) is 27.3 Å². The van der Waals surface area contributed by atoms with Gasteiger partial charge in [-0.2, -0.15) is 0 Å². The summed E-state index contributed by atoms with van der Waals surface area (Å²) in [5, 5.41) is 72.5. The minimum atomic E-state index is -2.44. The molecule has 0 aromatic carbocycles. The smallest absolute Gasteiger partial charge is 0.336 e. The van der Waals surface area contributed by atoms with Crippen LogP contribution in [0.4, 0.5) is 0 Å². The average molecular weight is 629 g/mol. The lowest BCUT2D eigenvalue weighted by atomic mass is 9.71. The Morgan fingerprint density at radius 2 is 1.89 bits per heavy atom. The van der Waals surface area contributed by atoms with Crippen LogP contribution in [0.5, 0.6) is 0 Å². The summed E-state index contributed by atoms with van der Waals surface area (Å²) in [6.45, 7) is 2.65. The zero-order chi connectivity index (χ0) is 31.6. The van der Waals surface area contributed by atoms with E-state index in [0.717, 1.165) is 32.2 Å². The van der Waals surface area contributed by atoms with Crippen molar-refractivity contribution in [2.24, 2.45) is 16.8 Å². The van der Waals surface area contributed by atoms with E-state index in [1.54, 1.807) is 0 Å². The predicted molar refractivity (Wildman–Crippen MR) is 152 cm³/mol. The number of aliphatic hydroxyl groups is 5. The van der Waals surface area contributed by atoms with Crippen LogP contribution in [0.15, 0.2) is 4.99 Å². The molecule has 5 aliphatic rings. The Labute approximate surface area is 256 Å². The number of rotatable bonds is 11. The standard InChI is InChI=1S/C29H45N3O12/c1-30-7-8-41-16-5-3-14(4-6-16)18-9-17(33)21-19(42-18)10-20(24(40-2)22(21)34)43-28-23(35)25(36)29(39,26(44-28)27(37)38)11-15-12-31-13-32-15/h12-14,16-26,28,30,33-36,39H,3-11H2,1-2H3/p+1. The number of nitrogens with one attached hydrogen (secondary N) is 1. The van der Waals surface area contributed by atoms with E-state index in [1.165, 1.54) is 20.0 Å². The Bertz CT molecular complexity index is 985. The summed E-state index contributed by atoms with van der Waals surface area (Å²) < 4.78 is 29.6. The van der Waals surface area contributed by atoms with E-state index in [1.807, 2.05) is 7.05 Å². The predicted octanol–water partition coefficient (Wildman–Crippen LogP) is -1.16. The summed E-state index contributed by atoms with van der Waals surface area (Å²) in [6, 6.07) is 0.200. The first-order chi connectivity index (χ1) is 21.1. The van der Waals surface area contributed by atoms with Crippen LogP contribution < -0.4 is 5.32 Å². The summed E-state index contributed by atoms with van der Waals surface area (Å²) in [6.07, 6.45) is -7.24. The van der Waals surface area contributed by atoms with Crippen LogP contribution in [0.1, 0.15) is 44.9 Å². The fourth-order valence-corrected chi connectivity index (χ4v) is 7.49. The van der Waals surface area contributed by atoms with Crippen LogP contribution in [0.2, 0.25) is 0 Å². The molecule has 15 heteroatoms. The van der Waals surface area contributed by atoms with Crippen molar-refractivity contribution < 1.29 is 59.1 Å². The van der Waals surface area contributed by atoms with Crippen LogP contribution in [-0.4, -0.2) is 143 Å². The van der Waals surface area contributed by atoms with Crippen LogP contribution in [-0.2, 0) is 28.5 Å². The van der Waals surface area contributed by atoms with Gasteiger partial charge in [0.05, 0.1) is 49.9 Å². The summed E-state index contributed by atoms with van der Waals surface area (Å²) in [5.41, 5.74) is -2.44. The number of aliphatic hydroxyl groups excluding tert-OH is 4. The second kappa shape index (κ2) is 14.4. The maximum Gasteiger partial charge on any atom is 0.336 e. The first-order valence-corrected chi connectivity index (χ1v) is 15.4. The van der Waals surface area contributed by atoms with Gasteiger partial charge in [0.15, 0.2) is 24.0 Å². The molecule has 0 radical (unpaired) electrons. The van der Waals surface area contributed by atoms with E-state index in [4.69, 9.17) is 23.7 Å². The molecule has 0 bridgehead atoms. The summed E-state index contributed by atoms with van der Waals surface area (Å²) in [7, 11) is 3.25. The quantitative estimate of drug-likeness (QED) is 0.106. The van der Waals surface area contributed by atoms with Gasteiger partial charge in [-0.3, -0.25) is 5.32 Å². The number of likely N-dealkylation sites (N-methyl/N-ethyl adjacent to an activating group) is 1. The monoisotopic (exact) mass is 628 g/mol. The van der Waals surface area contributed by atoms with Gasteiger partial charge in [-0.15, -0.1) is 0 Å². The maximum atomic E-state index is 12.2. The van der Waals surface area contributed by atoms with Gasteiger partial charge in [-0.25, -0.2) is 4.79 Å². The molecule has 3 heterocycles. The summed E-state index contributed by atoms with van der Waals surface area (Å²) in [5.74, 6) is -2.02. The highest BCUT2D eigenvalue weighted by molar-refractivity contribution is 5.83. The molecule has 3 aliphatic heterocycles. The second-order valence-electron chi connectivity index (χ2n) is 12.5. The molecular weight excluding hydrogens is 582 g/mol. The third kappa shape index (κ3) is 6.89. The number of fused-ring (bicyclic) bond motifs is 1. The van der Waals surface area contributed by atoms with Crippen molar-refractivity contribution in [3.63, 3.8) is 0 Å². The largest absolute Gasteiger partial charge is 0.479 e. The molecule has 0 amide bonds. The van der Waals surface area contributed by atoms with Gasteiger partial charge < -0.3 is 59.6 Å². The van der Waals surface area contributed by atoms with Crippen molar-refractivity contribution >= 4 is 12.2 Å². The Balaban J connectivity index is 1.25. The fraction of sp³-hybridized carbons (Fsp3) is 0.862. The number of carbonyl (C=O) groups is 1. The summed E-state index contributed by atoms with van der Waals surface area (Å²) in [4.78, 5) is 16.0. The van der Waals surface area contributed by atoms with Crippen molar-refractivity contribution in [3.05, 3.63) is 18.0 Å². The Morgan fingerprint density at radius 1 is 1.14 bits per heavy atom. The number of methoxy groups -OCH3 is 1. The van der Waals surface area contributed by atoms with Crippen LogP contribution in [0, 0.1) is 24.5 Å². The third-order valence-electron chi connectivity index (χ3n) is 9.83. The lowest BCUT2D eigenvalue weighted by Crippen LogP contribution is -2.70. The van der Waals surface area contributed by atoms with Gasteiger partial charge in [0.25, 0.3) is 0 Å². The van der Waals surface area contributed by atoms with Crippen LogP contribution >= 0.6 is 0 Å². The Kier molecular flexibility index (Phi) is 11.1. The SMILES string of the molecule is CNCCOC1CCC(C2CC(O)C3C(CC(OC4OC(C(=O)O)C(O)(C[C+]5C=N[CH+][N-]5)C(O)C4O)C(OC)C3O)O2)CC1. The first kappa shape index (κ1) is 33.8. The highest BCUT2D eigenvalue weighted by Crippen LogP contribution is 2.44. The molecule has 0 aromatic rings. The van der Waals surface area contributed by atoms with Gasteiger partial charge in [0.1, 0.15) is 24.7 Å². The molecule has 2 saturated heterocycles. The lowest BCUT2D eigenvalue weighted by molar-refractivity contribution is -0.346. The topological polar surface area (TPSA) is 223 Å². The zero-order valence-corrected chi connectivity index (χ0v) is 25.1. The highest BCUT2D eigenvalue weighted by atomic mass is 16.7. The molecule has 2 saturated carbocycles. The normalized spacial score (nSPS) is 46.0. The number of aliphatic imine (C=N–C) groups is 1. The molecule has 15 nitrogen and oxygen atoms in total.